The molecule has 0 aliphatic heterocycles. The molecule has 1 aromatic carbocycles. The summed E-state index contributed by atoms with van der Waals surface area (Å²) in [4.78, 5) is 14.4. The molecular formula is C17H25ClN2O. The molecule has 1 amide bonds. The van der Waals surface area contributed by atoms with E-state index in [-0.39, 0.29) is 11.4 Å². The second-order valence-electron chi connectivity index (χ2n) is 6.26. The number of halogens is 1. The lowest BCUT2D eigenvalue weighted by Crippen LogP contribution is -2.54. The number of carbonyl (C=O) groups excluding carboxylic acids is 1. The van der Waals surface area contributed by atoms with Crippen LogP contribution in [-0.4, -0.2) is 37.0 Å². The van der Waals surface area contributed by atoms with Gasteiger partial charge in [0.2, 0.25) is 5.91 Å². The van der Waals surface area contributed by atoms with Gasteiger partial charge in [0.25, 0.3) is 0 Å². The average Bonchev–Trinajstić information content (AvgIpc) is 2.48. The van der Waals surface area contributed by atoms with Crippen LogP contribution in [0.25, 0.3) is 0 Å². The fourth-order valence-electron chi connectivity index (χ4n) is 3.11. The summed E-state index contributed by atoms with van der Waals surface area (Å²) in [6.07, 6.45) is 6.58. The fourth-order valence-corrected chi connectivity index (χ4v) is 3.23. The van der Waals surface area contributed by atoms with Gasteiger partial charge in [-0.25, -0.2) is 0 Å². The molecule has 0 radical (unpaired) electrons. The van der Waals surface area contributed by atoms with Gasteiger partial charge in [-0.05, 0) is 44.6 Å². The highest BCUT2D eigenvalue weighted by Gasteiger charge is 2.34. The van der Waals surface area contributed by atoms with Crippen LogP contribution in [0.4, 0.5) is 0 Å². The minimum absolute atomic E-state index is 0.0871. The Balaban J connectivity index is 1.88. The van der Waals surface area contributed by atoms with Crippen LogP contribution in [-0.2, 0) is 11.2 Å². The van der Waals surface area contributed by atoms with Crippen LogP contribution in [0.2, 0.25) is 5.02 Å². The number of nitrogens with zero attached hydrogens (tertiary/aromatic N) is 1. The Kier molecular flexibility index (Phi) is 5.65. The first-order valence-corrected chi connectivity index (χ1v) is 8.08. The minimum atomic E-state index is 0.0871. The molecule has 21 heavy (non-hydrogen) atoms. The predicted molar refractivity (Wildman–Crippen MR) is 87.7 cm³/mol. The summed E-state index contributed by atoms with van der Waals surface area (Å²) in [6, 6.07) is 7.47. The topological polar surface area (TPSA) is 32.3 Å². The Labute approximate surface area is 132 Å². The highest BCUT2D eigenvalue weighted by Crippen LogP contribution is 2.31. The lowest BCUT2D eigenvalue weighted by molar-refractivity contribution is -0.121. The van der Waals surface area contributed by atoms with Crippen molar-refractivity contribution in [1.29, 1.82) is 0 Å². The Morgan fingerprint density at radius 3 is 2.38 bits per heavy atom. The van der Waals surface area contributed by atoms with E-state index in [0.717, 1.165) is 12.1 Å². The third-order valence-electron chi connectivity index (χ3n) is 4.63. The van der Waals surface area contributed by atoms with Gasteiger partial charge >= 0.3 is 0 Å². The van der Waals surface area contributed by atoms with E-state index in [4.69, 9.17) is 11.6 Å². The number of amides is 1. The van der Waals surface area contributed by atoms with Gasteiger partial charge in [-0.15, -0.1) is 0 Å². The highest BCUT2D eigenvalue weighted by molar-refractivity contribution is 6.30. The maximum atomic E-state index is 12.1. The smallest absolute Gasteiger partial charge is 0.224 e. The molecule has 1 fully saturated rings. The fraction of sp³-hybridized carbons (Fsp3) is 0.588. The van der Waals surface area contributed by atoms with Crippen molar-refractivity contribution >= 4 is 17.5 Å². The molecule has 2 rings (SSSR count). The summed E-state index contributed by atoms with van der Waals surface area (Å²) in [5, 5.41) is 3.83. The van der Waals surface area contributed by atoms with Crippen molar-refractivity contribution in [1.82, 2.24) is 10.2 Å². The number of likely N-dealkylation sites (N-methyl/N-ethyl adjacent to an activating group) is 1. The largest absolute Gasteiger partial charge is 0.354 e. The lowest BCUT2D eigenvalue weighted by Gasteiger charge is -2.43. The molecule has 1 aliphatic carbocycles. The molecule has 0 saturated heterocycles. The standard InChI is InChI=1S/C17H25ClN2O/c1-20(2)17(10-4-3-5-11-17)13-19-16(21)12-14-6-8-15(18)9-7-14/h6-9H,3-5,10-13H2,1-2H3,(H,19,21). The highest BCUT2D eigenvalue weighted by atomic mass is 35.5. The van der Waals surface area contributed by atoms with Crippen molar-refractivity contribution < 1.29 is 4.79 Å². The van der Waals surface area contributed by atoms with E-state index in [1.165, 1.54) is 32.1 Å². The van der Waals surface area contributed by atoms with Gasteiger partial charge in [-0.1, -0.05) is 43.0 Å². The van der Waals surface area contributed by atoms with Crippen LogP contribution >= 0.6 is 11.6 Å². The molecule has 1 aliphatic rings. The normalized spacial score (nSPS) is 17.7. The molecule has 4 heteroatoms. The van der Waals surface area contributed by atoms with E-state index in [9.17, 15) is 4.79 Å². The van der Waals surface area contributed by atoms with Gasteiger partial charge in [0.1, 0.15) is 0 Å². The van der Waals surface area contributed by atoms with E-state index in [1.807, 2.05) is 24.3 Å². The van der Waals surface area contributed by atoms with E-state index in [2.05, 4.69) is 24.3 Å². The molecule has 1 aromatic rings. The van der Waals surface area contributed by atoms with Gasteiger partial charge in [-0.3, -0.25) is 4.79 Å². The number of nitrogens with one attached hydrogen (secondary N) is 1. The molecule has 0 bridgehead atoms. The van der Waals surface area contributed by atoms with Crippen LogP contribution in [0.15, 0.2) is 24.3 Å². The van der Waals surface area contributed by atoms with Crippen LogP contribution in [0.1, 0.15) is 37.7 Å². The zero-order valence-electron chi connectivity index (χ0n) is 13.0. The zero-order chi connectivity index (χ0) is 15.3. The third-order valence-corrected chi connectivity index (χ3v) is 4.88. The summed E-state index contributed by atoms with van der Waals surface area (Å²) in [6.45, 7) is 0.742. The second kappa shape index (κ2) is 7.28. The Morgan fingerprint density at radius 1 is 1.19 bits per heavy atom. The van der Waals surface area contributed by atoms with Gasteiger partial charge in [0.15, 0.2) is 0 Å². The summed E-state index contributed by atoms with van der Waals surface area (Å²) in [5.74, 6) is 0.0871. The summed E-state index contributed by atoms with van der Waals surface area (Å²) in [5.41, 5.74) is 1.13. The van der Waals surface area contributed by atoms with Crippen molar-refractivity contribution in [2.45, 2.75) is 44.1 Å². The van der Waals surface area contributed by atoms with Crippen LogP contribution in [0, 0.1) is 0 Å². The molecule has 0 spiro atoms. The number of rotatable bonds is 5. The van der Waals surface area contributed by atoms with Crippen molar-refractivity contribution in [2.75, 3.05) is 20.6 Å². The maximum absolute atomic E-state index is 12.1. The van der Waals surface area contributed by atoms with Gasteiger partial charge in [0.05, 0.1) is 6.42 Å². The second-order valence-corrected chi connectivity index (χ2v) is 6.70. The summed E-state index contributed by atoms with van der Waals surface area (Å²) < 4.78 is 0. The maximum Gasteiger partial charge on any atom is 0.224 e. The van der Waals surface area contributed by atoms with Crippen LogP contribution in [0.3, 0.4) is 0 Å². The first-order chi connectivity index (χ1) is 10.0. The number of hydrogen-bond acceptors (Lipinski definition) is 2. The first-order valence-electron chi connectivity index (χ1n) is 7.70. The Morgan fingerprint density at radius 2 is 1.81 bits per heavy atom. The van der Waals surface area contributed by atoms with Gasteiger partial charge < -0.3 is 10.2 Å². The zero-order valence-corrected chi connectivity index (χ0v) is 13.7. The van der Waals surface area contributed by atoms with E-state index in [1.54, 1.807) is 0 Å². The quantitative estimate of drug-likeness (QED) is 0.905. The van der Waals surface area contributed by atoms with Crippen LogP contribution < -0.4 is 5.32 Å². The van der Waals surface area contributed by atoms with Crippen molar-refractivity contribution in [3.63, 3.8) is 0 Å². The average molecular weight is 309 g/mol. The monoisotopic (exact) mass is 308 g/mol. The molecule has 1 N–H and O–H groups in total. The molecular weight excluding hydrogens is 284 g/mol. The molecule has 116 valence electrons. The van der Waals surface area contributed by atoms with Crippen molar-refractivity contribution in [3.8, 4) is 0 Å². The molecule has 0 heterocycles. The Hall–Kier alpha value is -1.06. The van der Waals surface area contributed by atoms with Gasteiger partial charge in [0, 0.05) is 17.1 Å². The molecule has 0 unspecified atom stereocenters. The number of carbonyl (C=O) groups is 1. The summed E-state index contributed by atoms with van der Waals surface area (Å²) >= 11 is 5.86. The lowest BCUT2D eigenvalue weighted by atomic mass is 9.80. The van der Waals surface area contributed by atoms with E-state index >= 15 is 0 Å². The van der Waals surface area contributed by atoms with E-state index in [0.29, 0.717) is 11.4 Å². The molecule has 3 nitrogen and oxygen atoms in total. The molecule has 0 aromatic heterocycles. The number of benzene rings is 1. The number of hydrogen-bond donors (Lipinski definition) is 1. The van der Waals surface area contributed by atoms with E-state index < -0.39 is 0 Å². The first kappa shape index (κ1) is 16.3. The minimum Gasteiger partial charge on any atom is -0.354 e. The predicted octanol–water partition coefficient (Wildman–Crippen LogP) is 3.26. The SMILES string of the molecule is CN(C)C1(CNC(=O)Cc2ccc(Cl)cc2)CCCCC1. The molecule has 0 atom stereocenters. The van der Waals surface area contributed by atoms with Crippen molar-refractivity contribution in [3.05, 3.63) is 34.9 Å². The summed E-state index contributed by atoms with van der Waals surface area (Å²) in [7, 11) is 4.24. The Bertz CT molecular complexity index is 464. The molecule has 1 saturated carbocycles. The third kappa shape index (κ3) is 4.45. The van der Waals surface area contributed by atoms with Crippen LogP contribution in [0.5, 0.6) is 0 Å². The van der Waals surface area contributed by atoms with Crippen molar-refractivity contribution in [2.24, 2.45) is 0 Å². The van der Waals surface area contributed by atoms with Gasteiger partial charge in [-0.2, -0.15) is 0 Å².